The van der Waals surface area contributed by atoms with Gasteiger partial charge >= 0.3 is 6.03 Å². The first-order chi connectivity index (χ1) is 11.7. The van der Waals surface area contributed by atoms with Crippen LogP contribution in [0.1, 0.15) is 19.3 Å². The average Bonchev–Trinajstić information content (AvgIpc) is 2.67. The maximum atomic E-state index is 12.2. The number of likely N-dealkylation sites (tertiary alicyclic amines) is 1. The quantitative estimate of drug-likeness (QED) is 0.862. The Labute approximate surface area is 141 Å². The number of amides is 3. The number of carbonyl (C=O) groups excluding carboxylic acids is 2. The summed E-state index contributed by atoms with van der Waals surface area (Å²) in [5, 5.41) is 2.75. The predicted octanol–water partition coefficient (Wildman–Crippen LogP) is 0.321. The van der Waals surface area contributed by atoms with E-state index in [0.717, 1.165) is 25.9 Å². The van der Waals surface area contributed by atoms with Gasteiger partial charge in [-0.3, -0.25) is 4.79 Å². The average molecular weight is 332 g/mol. The van der Waals surface area contributed by atoms with E-state index in [-0.39, 0.29) is 18.5 Å². The third kappa shape index (κ3) is 4.12. The number of nitrogens with one attached hydrogen (secondary N) is 1. The number of anilines is 1. The molecule has 2 saturated heterocycles. The number of rotatable bonds is 3. The number of aromatic nitrogens is 2. The largest absolute Gasteiger partial charge is 0.341 e. The van der Waals surface area contributed by atoms with E-state index < -0.39 is 0 Å². The Bertz CT molecular complexity index is 553. The molecular formula is C16H24N6O2. The molecule has 1 aromatic heterocycles. The zero-order chi connectivity index (χ0) is 16.8. The summed E-state index contributed by atoms with van der Waals surface area (Å²) in [6, 6.07) is 1.61. The minimum absolute atomic E-state index is 0.0133. The van der Waals surface area contributed by atoms with Gasteiger partial charge in [0, 0.05) is 51.7 Å². The maximum absolute atomic E-state index is 12.2. The fourth-order valence-corrected chi connectivity index (χ4v) is 3.08. The van der Waals surface area contributed by atoms with Gasteiger partial charge in [-0.2, -0.15) is 0 Å². The highest BCUT2D eigenvalue weighted by molar-refractivity contribution is 5.84. The Hall–Kier alpha value is -2.38. The number of nitrogens with zero attached hydrogens (tertiary/aromatic N) is 5. The van der Waals surface area contributed by atoms with E-state index in [9.17, 15) is 9.59 Å². The van der Waals surface area contributed by atoms with Crippen molar-refractivity contribution in [3.8, 4) is 0 Å². The number of urea groups is 1. The molecule has 130 valence electrons. The van der Waals surface area contributed by atoms with Gasteiger partial charge in [-0.25, -0.2) is 14.8 Å². The van der Waals surface area contributed by atoms with Crippen LogP contribution in [0.5, 0.6) is 0 Å². The molecule has 8 heteroatoms. The molecule has 3 amide bonds. The van der Waals surface area contributed by atoms with Crippen molar-refractivity contribution in [2.75, 3.05) is 50.7 Å². The summed E-state index contributed by atoms with van der Waals surface area (Å²) >= 11 is 0. The summed E-state index contributed by atoms with van der Waals surface area (Å²) in [4.78, 5) is 38.4. The summed E-state index contributed by atoms with van der Waals surface area (Å²) in [6.45, 7) is 4.29. The minimum Gasteiger partial charge on any atom is -0.341 e. The molecule has 2 aliphatic heterocycles. The zero-order valence-electron chi connectivity index (χ0n) is 13.9. The van der Waals surface area contributed by atoms with Crippen LogP contribution in [0.4, 0.5) is 10.7 Å². The first-order valence-electron chi connectivity index (χ1n) is 8.56. The Morgan fingerprint density at radius 3 is 2.25 bits per heavy atom. The van der Waals surface area contributed by atoms with Crippen molar-refractivity contribution >= 4 is 17.9 Å². The second-order valence-electron chi connectivity index (χ2n) is 6.12. The van der Waals surface area contributed by atoms with Gasteiger partial charge < -0.3 is 20.0 Å². The lowest BCUT2D eigenvalue weighted by Gasteiger charge is -2.34. The van der Waals surface area contributed by atoms with Crippen LogP contribution >= 0.6 is 0 Å². The van der Waals surface area contributed by atoms with Crippen molar-refractivity contribution in [3.63, 3.8) is 0 Å². The number of piperidine rings is 1. The standard InChI is InChI=1S/C16H24N6O2/c23-14(20-7-2-1-3-8-20)13-19-16(24)22-11-9-21(10-12-22)15-17-5-4-6-18-15/h4-6H,1-3,7-13H2,(H,19,24). The van der Waals surface area contributed by atoms with Crippen LogP contribution in [0, 0.1) is 0 Å². The van der Waals surface area contributed by atoms with Crippen LogP contribution in [0.3, 0.4) is 0 Å². The Kier molecular flexibility index (Phi) is 5.45. The number of carbonyl (C=O) groups is 2. The molecule has 8 nitrogen and oxygen atoms in total. The summed E-state index contributed by atoms with van der Waals surface area (Å²) < 4.78 is 0. The van der Waals surface area contributed by atoms with Gasteiger partial charge in [0.25, 0.3) is 0 Å². The second kappa shape index (κ2) is 7.94. The third-order valence-corrected chi connectivity index (χ3v) is 4.50. The van der Waals surface area contributed by atoms with Crippen molar-refractivity contribution in [2.24, 2.45) is 0 Å². The molecule has 0 bridgehead atoms. The van der Waals surface area contributed by atoms with Crippen LogP contribution in [0.2, 0.25) is 0 Å². The van der Waals surface area contributed by atoms with Crippen LogP contribution in [0.25, 0.3) is 0 Å². The maximum Gasteiger partial charge on any atom is 0.317 e. The Morgan fingerprint density at radius 1 is 0.917 bits per heavy atom. The van der Waals surface area contributed by atoms with Gasteiger partial charge in [-0.05, 0) is 25.3 Å². The predicted molar refractivity (Wildman–Crippen MR) is 89.6 cm³/mol. The fourth-order valence-electron chi connectivity index (χ4n) is 3.08. The first-order valence-corrected chi connectivity index (χ1v) is 8.56. The smallest absolute Gasteiger partial charge is 0.317 e. The highest BCUT2D eigenvalue weighted by Crippen LogP contribution is 2.10. The Balaban J connectivity index is 1.41. The van der Waals surface area contributed by atoms with Crippen molar-refractivity contribution in [3.05, 3.63) is 18.5 Å². The fraction of sp³-hybridized carbons (Fsp3) is 0.625. The van der Waals surface area contributed by atoms with E-state index in [1.54, 1.807) is 23.4 Å². The molecular weight excluding hydrogens is 308 g/mol. The van der Waals surface area contributed by atoms with E-state index in [4.69, 9.17) is 0 Å². The normalized spacial score (nSPS) is 18.4. The van der Waals surface area contributed by atoms with Crippen molar-refractivity contribution in [1.29, 1.82) is 0 Å². The Morgan fingerprint density at radius 2 is 1.58 bits per heavy atom. The van der Waals surface area contributed by atoms with Gasteiger partial charge in [-0.15, -0.1) is 0 Å². The van der Waals surface area contributed by atoms with E-state index >= 15 is 0 Å². The van der Waals surface area contributed by atoms with Gasteiger partial charge in [0.05, 0.1) is 6.54 Å². The van der Waals surface area contributed by atoms with Gasteiger partial charge in [0.2, 0.25) is 11.9 Å². The summed E-state index contributed by atoms with van der Waals surface area (Å²) in [7, 11) is 0. The molecule has 0 spiro atoms. The van der Waals surface area contributed by atoms with E-state index in [1.807, 2.05) is 4.90 Å². The lowest BCUT2D eigenvalue weighted by Crippen LogP contribution is -2.53. The first kappa shape index (κ1) is 16.5. The second-order valence-corrected chi connectivity index (χ2v) is 6.12. The van der Waals surface area contributed by atoms with E-state index in [0.29, 0.717) is 32.1 Å². The molecule has 0 aliphatic carbocycles. The number of piperazine rings is 1. The molecule has 2 fully saturated rings. The summed E-state index contributed by atoms with van der Waals surface area (Å²) in [5.74, 6) is 0.706. The topological polar surface area (TPSA) is 81.7 Å². The molecule has 24 heavy (non-hydrogen) atoms. The number of hydrogen-bond acceptors (Lipinski definition) is 5. The van der Waals surface area contributed by atoms with Crippen molar-refractivity contribution in [2.45, 2.75) is 19.3 Å². The van der Waals surface area contributed by atoms with Crippen LogP contribution in [0.15, 0.2) is 18.5 Å². The monoisotopic (exact) mass is 332 g/mol. The van der Waals surface area contributed by atoms with E-state index in [2.05, 4.69) is 20.2 Å². The molecule has 0 radical (unpaired) electrons. The van der Waals surface area contributed by atoms with Gasteiger partial charge in [0.15, 0.2) is 0 Å². The highest BCUT2D eigenvalue weighted by atomic mass is 16.2. The minimum atomic E-state index is -0.172. The molecule has 3 heterocycles. The molecule has 1 N–H and O–H groups in total. The molecule has 0 saturated carbocycles. The van der Waals surface area contributed by atoms with Crippen LogP contribution < -0.4 is 10.2 Å². The van der Waals surface area contributed by atoms with Gasteiger partial charge in [-0.1, -0.05) is 0 Å². The molecule has 2 aliphatic rings. The highest BCUT2D eigenvalue weighted by Gasteiger charge is 2.23. The molecule has 1 aromatic rings. The zero-order valence-corrected chi connectivity index (χ0v) is 13.9. The lowest BCUT2D eigenvalue weighted by atomic mass is 10.1. The number of hydrogen-bond donors (Lipinski definition) is 1. The van der Waals surface area contributed by atoms with Gasteiger partial charge in [0.1, 0.15) is 0 Å². The van der Waals surface area contributed by atoms with Crippen molar-refractivity contribution in [1.82, 2.24) is 25.1 Å². The van der Waals surface area contributed by atoms with Crippen LogP contribution in [-0.4, -0.2) is 77.5 Å². The molecule has 0 atom stereocenters. The van der Waals surface area contributed by atoms with Crippen LogP contribution in [-0.2, 0) is 4.79 Å². The lowest BCUT2D eigenvalue weighted by molar-refractivity contribution is -0.130. The summed E-state index contributed by atoms with van der Waals surface area (Å²) in [6.07, 6.45) is 6.74. The molecule has 3 rings (SSSR count). The summed E-state index contributed by atoms with van der Waals surface area (Å²) in [5.41, 5.74) is 0. The molecule has 0 unspecified atom stereocenters. The SMILES string of the molecule is O=C(CNC(=O)N1CCN(c2ncccn2)CC1)N1CCCCC1. The van der Waals surface area contributed by atoms with E-state index in [1.165, 1.54) is 6.42 Å². The van der Waals surface area contributed by atoms with Crippen molar-refractivity contribution < 1.29 is 9.59 Å². The third-order valence-electron chi connectivity index (χ3n) is 4.50. The molecule has 0 aromatic carbocycles.